The van der Waals surface area contributed by atoms with Crippen LogP contribution in [0.1, 0.15) is 33.8 Å². The Bertz CT molecular complexity index is 1580. The molecule has 10 heteroatoms. The number of aromatic nitrogens is 3. The van der Waals surface area contributed by atoms with E-state index < -0.39 is 5.41 Å². The van der Waals surface area contributed by atoms with Crippen LogP contribution in [-0.4, -0.2) is 60.2 Å². The van der Waals surface area contributed by atoms with Gasteiger partial charge in [0, 0.05) is 37.3 Å². The fourth-order valence-electron chi connectivity index (χ4n) is 5.23. The lowest BCUT2D eigenvalue weighted by atomic mass is 9.91. The number of fused-ring (bicyclic) bond motifs is 3. The van der Waals surface area contributed by atoms with Gasteiger partial charge >= 0.3 is 0 Å². The Labute approximate surface area is 213 Å². The van der Waals surface area contributed by atoms with Crippen LogP contribution in [0.2, 0.25) is 0 Å². The summed E-state index contributed by atoms with van der Waals surface area (Å²) in [6.45, 7) is 0. The van der Waals surface area contributed by atoms with Crippen molar-refractivity contribution >= 4 is 40.0 Å². The summed E-state index contributed by atoms with van der Waals surface area (Å²) in [4.78, 5) is 31.2. The first-order chi connectivity index (χ1) is 17.8. The van der Waals surface area contributed by atoms with Gasteiger partial charge in [0.2, 0.25) is 5.91 Å². The van der Waals surface area contributed by atoms with Gasteiger partial charge in [0.05, 0.1) is 30.7 Å². The van der Waals surface area contributed by atoms with E-state index in [-0.39, 0.29) is 17.7 Å². The topological polar surface area (TPSA) is 121 Å². The van der Waals surface area contributed by atoms with Crippen LogP contribution in [0, 0.1) is 0 Å². The summed E-state index contributed by atoms with van der Waals surface area (Å²) in [5.74, 6) is 2.13. The summed E-state index contributed by atoms with van der Waals surface area (Å²) in [7, 11) is 6.52. The van der Waals surface area contributed by atoms with Gasteiger partial charge in [-0.3, -0.25) is 14.7 Å². The number of carbonyl (C=O) groups excluding carboxylic acids is 2. The number of aromatic amines is 1. The molecular weight excluding hydrogens is 472 g/mol. The third-order valence-corrected chi connectivity index (χ3v) is 7.27. The summed E-state index contributed by atoms with van der Waals surface area (Å²) in [5, 5.41) is 14.6. The van der Waals surface area contributed by atoms with Crippen molar-refractivity contribution in [3.8, 4) is 11.5 Å². The number of methoxy groups -OCH3 is 2. The number of ether oxygens (including phenoxy) is 2. The second-order valence-electron chi connectivity index (χ2n) is 9.57. The summed E-state index contributed by atoms with van der Waals surface area (Å²) in [6, 6.07) is 13.4. The standard InChI is InChI=1S/C27H26N6O4/c1-33(2)25(34)15-10-22(37-4)24(28-13-15)30-23-17-7-5-14(9-21(17)31-32-23)19-12-27(19)18-11-16(36-3)6-8-20(18)29-26(27)35/h5-11,13,19H,12H2,1-4H3,(H,29,35)(H2,28,30,31,32)/t19-,27-/m0/s1. The number of benzene rings is 2. The first-order valence-corrected chi connectivity index (χ1v) is 11.9. The molecule has 0 saturated heterocycles. The van der Waals surface area contributed by atoms with E-state index in [4.69, 9.17) is 9.47 Å². The average molecular weight is 499 g/mol. The highest BCUT2D eigenvalue weighted by Crippen LogP contribution is 2.65. The molecule has 6 rings (SSSR count). The molecule has 4 aromatic rings. The Morgan fingerprint density at radius 1 is 1.11 bits per heavy atom. The largest absolute Gasteiger partial charge is 0.497 e. The number of anilines is 3. The predicted octanol–water partition coefficient (Wildman–Crippen LogP) is 3.80. The number of pyridine rings is 1. The summed E-state index contributed by atoms with van der Waals surface area (Å²) >= 11 is 0. The third-order valence-electron chi connectivity index (χ3n) is 7.27. The zero-order valence-corrected chi connectivity index (χ0v) is 20.9. The first kappa shape index (κ1) is 22.8. The van der Waals surface area contributed by atoms with Crippen LogP contribution in [-0.2, 0) is 10.2 Å². The fourth-order valence-corrected chi connectivity index (χ4v) is 5.23. The van der Waals surface area contributed by atoms with E-state index in [1.165, 1.54) is 18.2 Å². The van der Waals surface area contributed by atoms with Crippen molar-refractivity contribution in [3.05, 3.63) is 65.4 Å². The van der Waals surface area contributed by atoms with E-state index in [0.29, 0.717) is 22.9 Å². The molecule has 37 heavy (non-hydrogen) atoms. The van der Waals surface area contributed by atoms with Crippen molar-refractivity contribution in [1.82, 2.24) is 20.1 Å². The van der Waals surface area contributed by atoms with E-state index in [1.807, 2.05) is 36.4 Å². The summed E-state index contributed by atoms with van der Waals surface area (Å²) in [5.41, 5.74) is 3.60. The van der Waals surface area contributed by atoms with Crippen molar-refractivity contribution in [2.24, 2.45) is 0 Å². The predicted molar refractivity (Wildman–Crippen MR) is 139 cm³/mol. The second kappa shape index (κ2) is 8.22. The van der Waals surface area contributed by atoms with Crippen LogP contribution in [0.4, 0.5) is 17.3 Å². The van der Waals surface area contributed by atoms with Crippen molar-refractivity contribution in [3.63, 3.8) is 0 Å². The Kier molecular flexibility index (Phi) is 5.08. The van der Waals surface area contributed by atoms with Crippen molar-refractivity contribution in [2.45, 2.75) is 17.8 Å². The van der Waals surface area contributed by atoms with Gasteiger partial charge in [0.15, 0.2) is 17.4 Å². The molecule has 1 aliphatic heterocycles. The van der Waals surface area contributed by atoms with Gasteiger partial charge in [-0.1, -0.05) is 6.07 Å². The lowest BCUT2D eigenvalue weighted by Crippen LogP contribution is -2.22. The quantitative estimate of drug-likeness (QED) is 0.370. The average Bonchev–Trinajstić information content (AvgIpc) is 3.46. The highest BCUT2D eigenvalue weighted by atomic mass is 16.5. The number of nitrogens with one attached hydrogen (secondary N) is 3. The van der Waals surface area contributed by atoms with Crippen LogP contribution >= 0.6 is 0 Å². The fraction of sp³-hybridized carbons (Fsp3) is 0.259. The van der Waals surface area contributed by atoms with E-state index in [0.717, 1.165) is 39.9 Å². The Balaban J connectivity index is 1.28. The molecule has 0 bridgehead atoms. The molecule has 1 spiro atoms. The second-order valence-corrected chi connectivity index (χ2v) is 9.57. The van der Waals surface area contributed by atoms with Crippen LogP contribution < -0.4 is 20.1 Å². The number of nitrogens with zero attached hydrogens (tertiary/aromatic N) is 3. The summed E-state index contributed by atoms with van der Waals surface area (Å²) < 4.78 is 10.9. The molecule has 2 aromatic heterocycles. The smallest absolute Gasteiger partial charge is 0.255 e. The Hall–Kier alpha value is -4.60. The number of amides is 2. The number of carbonyl (C=O) groups is 2. The van der Waals surface area contributed by atoms with Crippen molar-refractivity contribution in [2.75, 3.05) is 38.9 Å². The van der Waals surface area contributed by atoms with Crippen LogP contribution in [0.5, 0.6) is 11.5 Å². The van der Waals surface area contributed by atoms with Crippen LogP contribution in [0.3, 0.4) is 0 Å². The molecule has 188 valence electrons. The number of H-pyrrole nitrogens is 1. The Morgan fingerprint density at radius 3 is 2.70 bits per heavy atom. The number of hydrogen-bond donors (Lipinski definition) is 3. The van der Waals surface area contributed by atoms with Crippen molar-refractivity contribution in [1.29, 1.82) is 0 Å². The molecule has 10 nitrogen and oxygen atoms in total. The minimum Gasteiger partial charge on any atom is -0.497 e. The van der Waals surface area contributed by atoms with Gasteiger partial charge in [0.25, 0.3) is 5.91 Å². The van der Waals surface area contributed by atoms with Gasteiger partial charge in [-0.15, -0.1) is 0 Å². The van der Waals surface area contributed by atoms with E-state index in [2.05, 4.69) is 25.8 Å². The zero-order valence-electron chi connectivity index (χ0n) is 20.9. The first-order valence-electron chi connectivity index (χ1n) is 11.9. The van der Waals surface area contributed by atoms with E-state index in [1.54, 1.807) is 27.3 Å². The lowest BCUT2D eigenvalue weighted by molar-refractivity contribution is -0.118. The monoisotopic (exact) mass is 498 g/mol. The van der Waals surface area contributed by atoms with E-state index in [9.17, 15) is 9.59 Å². The maximum Gasteiger partial charge on any atom is 0.255 e. The van der Waals surface area contributed by atoms with Gasteiger partial charge in [-0.25, -0.2) is 4.98 Å². The van der Waals surface area contributed by atoms with Gasteiger partial charge < -0.3 is 25.0 Å². The highest BCUT2D eigenvalue weighted by Gasteiger charge is 2.65. The minimum atomic E-state index is -0.568. The molecule has 2 aromatic carbocycles. The highest BCUT2D eigenvalue weighted by molar-refractivity contribution is 6.10. The zero-order chi connectivity index (χ0) is 25.9. The van der Waals surface area contributed by atoms with Gasteiger partial charge in [-0.05, 0) is 53.9 Å². The number of hydrogen-bond acceptors (Lipinski definition) is 7. The van der Waals surface area contributed by atoms with Gasteiger partial charge in [-0.2, -0.15) is 5.10 Å². The molecule has 2 aliphatic rings. The third kappa shape index (κ3) is 3.47. The van der Waals surface area contributed by atoms with Crippen LogP contribution in [0.25, 0.3) is 10.9 Å². The molecular formula is C27H26N6O4. The lowest BCUT2D eigenvalue weighted by Gasteiger charge is -2.13. The molecule has 1 fully saturated rings. The van der Waals surface area contributed by atoms with Gasteiger partial charge in [0.1, 0.15) is 5.75 Å². The molecule has 3 heterocycles. The number of rotatable bonds is 6. The molecule has 3 N–H and O–H groups in total. The molecule has 1 aliphatic carbocycles. The molecule has 1 saturated carbocycles. The normalized spacial score (nSPS) is 19.5. The molecule has 0 unspecified atom stereocenters. The maximum absolute atomic E-state index is 13.0. The molecule has 2 atom stereocenters. The minimum absolute atomic E-state index is 0.0298. The summed E-state index contributed by atoms with van der Waals surface area (Å²) in [6.07, 6.45) is 2.25. The Morgan fingerprint density at radius 2 is 1.95 bits per heavy atom. The molecule has 0 radical (unpaired) electrons. The molecule has 2 amide bonds. The SMILES string of the molecule is COc1ccc2c(c1)[C@]1(C[C@H]1c1ccc3c(Nc4ncc(C(=O)N(C)C)cc4OC)n[nH]c3c1)C(=O)N2. The van der Waals surface area contributed by atoms with Crippen LogP contribution in [0.15, 0.2) is 48.7 Å². The van der Waals surface area contributed by atoms with E-state index >= 15 is 0 Å². The maximum atomic E-state index is 13.0. The van der Waals surface area contributed by atoms with Crippen molar-refractivity contribution < 1.29 is 19.1 Å².